The third kappa shape index (κ3) is 2.63. The Kier molecular flexibility index (Phi) is 3.40. The van der Waals surface area contributed by atoms with Crippen molar-refractivity contribution >= 4 is 17.3 Å². The van der Waals surface area contributed by atoms with E-state index in [9.17, 15) is 5.11 Å². The van der Waals surface area contributed by atoms with Crippen molar-refractivity contribution in [2.75, 3.05) is 17.3 Å². The highest BCUT2D eigenvalue weighted by molar-refractivity contribution is 5.65. The molecule has 2 aromatic rings. The Bertz CT molecular complexity index is 495. The van der Waals surface area contributed by atoms with Crippen LogP contribution < -0.4 is 16.6 Å². The number of nitrogens with zero attached hydrogens (tertiary/aromatic N) is 3. The number of fused-ring (bicyclic) bond motifs is 1. The van der Waals surface area contributed by atoms with Crippen LogP contribution in [0.25, 0.3) is 5.65 Å². The molecule has 0 fully saturated rings. The van der Waals surface area contributed by atoms with Crippen molar-refractivity contribution in [3.05, 3.63) is 18.6 Å². The molecule has 0 aliphatic heterocycles. The van der Waals surface area contributed by atoms with Gasteiger partial charge < -0.3 is 20.2 Å². The Balaban J connectivity index is 2.21. The molecule has 2 rings (SSSR count). The minimum absolute atomic E-state index is 0.339. The number of nitrogen functional groups attached to an aromatic ring is 1. The van der Waals surface area contributed by atoms with Crippen molar-refractivity contribution in [3.8, 4) is 0 Å². The van der Waals surface area contributed by atoms with E-state index in [2.05, 4.69) is 20.7 Å². The number of hydrogen-bond donors (Lipinski definition) is 4. The maximum Gasteiger partial charge on any atom is 0.180 e. The van der Waals surface area contributed by atoms with Gasteiger partial charge in [-0.15, -0.1) is 0 Å². The van der Waals surface area contributed by atoms with Crippen LogP contribution >= 0.6 is 0 Å². The molecule has 2 aromatic heterocycles. The zero-order valence-corrected chi connectivity index (χ0v) is 9.59. The highest BCUT2D eigenvalue weighted by atomic mass is 16.3. The van der Waals surface area contributed by atoms with Gasteiger partial charge in [0, 0.05) is 18.9 Å². The number of aliphatic hydroxyl groups excluding tert-OH is 1. The smallest absolute Gasteiger partial charge is 0.180 e. The molecule has 92 valence electrons. The summed E-state index contributed by atoms with van der Waals surface area (Å²) < 4.78 is 1.83. The monoisotopic (exact) mass is 236 g/mol. The lowest BCUT2D eigenvalue weighted by molar-refractivity contribution is 0.188. The van der Waals surface area contributed by atoms with Crippen LogP contribution in [-0.4, -0.2) is 32.1 Å². The number of nitrogens with two attached hydrogens (primary N) is 1. The maximum atomic E-state index is 9.19. The summed E-state index contributed by atoms with van der Waals surface area (Å²) in [5.74, 6) is 6.54. The van der Waals surface area contributed by atoms with Crippen LogP contribution in [0.1, 0.15) is 13.3 Å². The quantitative estimate of drug-likeness (QED) is 0.437. The molecule has 0 aliphatic carbocycles. The average Bonchev–Trinajstić information content (AvgIpc) is 2.76. The molecular formula is C10H16N6O. The molecule has 0 amide bonds. The van der Waals surface area contributed by atoms with E-state index in [1.807, 2.05) is 10.6 Å². The lowest BCUT2D eigenvalue weighted by Gasteiger charge is -2.10. The SMILES string of the molecule is CC(O)CCNc1nc(NN)cn2ccnc12. The van der Waals surface area contributed by atoms with Crippen LogP contribution in [0.5, 0.6) is 0 Å². The summed E-state index contributed by atoms with van der Waals surface area (Å²) in [6.45, 7) is 2.37. The molecule has 0 aromatic carbocycles. The molecule has 0 saturated heterocycles. The fourth-order valence-corrected chi connectivity index (χ4v) is 1.52. The molecule has 0 saturated carbocycles. The van der Waals surface area contributed by atoms with E-state index in [-0.39, 0.29) is 6.10 Å². The first-order valence-corrected chi connectivity index (χ1v) is 5.43. The lowest BCUT2D eigenvalue weighted by atomic mass is 10.3. The van der Waals surface area contributed by atoms with Crippen molar-refractivity contribution in [1.82, 2.24) is 14.4 Å². The van der Waals surface area contributed by atoms with E-state index >= 15 is 0 Å². The number of aliphatic hydroxyl groups is 1. The van der Waals surface area contributed by atoms with Gasteiger partial charge in [0.2, 0.25) is 0 Å². The van der Waals surface area contributed by atoms with Crippen molar-refractivity contribution < 1.29 is 5.11 Å². The van der Waals surface area contributed by atoms with E-state index in [1.165, 1.54) is 0 Å². The summed E-state index contributed by atoms with van der Waals surface area (Å²) in [5, 5.41) is 12.3. The largest absolute Gasteiger partial charge is 0.393 e. The van der Waals surface area contributed by atoms with Crippen LogP contribution in [0.4, 0.5) is 11.6 Å². The van der Waals surface area contributed by atoms with Gasteiger partial charge in [0.15, 0.2) is 17.3 Å². The fraction of sp³-hybridized carbons (Fsp3) is 0.400. The standard InChI is InChI=1S/C10H16N6O/c1-7(17)2-3-12-9-10-13-4-5-16(10)6-8(14-9)15-11/h4-7,15,17H,2-3,11H2,1H3,(H,12,14). The molecule has 17 heavy (non-hydrogen) atoms. The van der Waals surface area contributed by atoms with Crippen molar-refractivity contribution in [3.63, 3.8) is 0 Å². The first-order valence-electron chi connectivity index (χ1n) is 5.43. The number of nitrogens with one attached hydrogen (secondary N) is 2. The molecule has 7 nitrogen and oxygen atoms in total. The Morgan fingerprint density at radius 1 is 1.59 bits per heavy atom. The third-order valence-electron chi connectivity index (χ3n) is 2.38. The number of aromatic nitrogens is 3. The molecule has 0 bridgehead atoms. The number of anilines is 2. The number of rotatable bonds is 5. The second-order valence-electron chi connectivity index (χ2n) is 3.84. The van der Waals surface area contributed by atoms with Gasteiger partial charge in [-0.25, -0.2) is 15.8 Å². The van der Waals surface area contributed by atoms with Crippen LogP contribution in [-0.2, 0) is 0 Å². The second kappa shape index (κ2) is 4.98. The Morgan fingerprint density at radius 3 is 3.12 bits per heavy atom. The first kappa shape index (κ1) is 11.6. The summed E-state index contributed by atoms with van der Waals surface area (Å²) in [7, 11) is 0. The highest BCUT2D eigenvalue weighted by Crippen LogP contribution is 2.15. The van der Waals surface area contributed by atoms with E-state index < -0.39 is 0 Å². The lowest BCUT2D eigenvalue weighted by Crippen LogP contribution is -2.14. The van der Waals surface area contributed by atoms with Crippen molar-refractivity contribution in [1.29, 1.82) is 0 Å². The first-order chi connectivity index (χ1) is 8.20. The summed E-state index contributed by atoms with van der Waals surface area (Å²) in [4.78, 5) is 8.47. The van der Waals surface area contributed by atoms with Crippen LogP contribution in [0, 0.1) is 0 Å². The number of hydrogen-bond acceptors (Lipinski definition) is 6. The zero-order valence-electron chi connectivity index (χ0n) is 9.59. The molecule has 2 heterocycles. The van der Waals surface area contributed by atoms with Crippen molar-refractivity contribution in [2.24, 2.45) is 5.84 Å². The number of hydrazine groups is 1. The zero-order chi connectivity index (χ0) is 12.3. The molecule has 5 N–H and O–H groups in total. The van der Waals surface area contributed by atoms with Crippen LogP contribution in [0.2, 0.25) is 0 Å². The predicted octanol–water partition coefficient (Wildman–Crippen LogP) is 0.198. The topological polar surface area (TPSA) is 100 Å². The highest BCUT2D eigenvalue weighted by Gasteiger charge is 2.06. The van der Waals surface area contributed by atoms with E-state index in [0.717, 1.165) is 5.65 Å². The minimum atomic E-state index is -0.339. The van der Waals surface area contributed by atoms with Crippen LogP contribution in [0.3, 0.4) is 0 Å². The summed E-state index contributed by atoms with van der Waals surface area (Å²) in [6.07, 6.45) is 5.57. The van der Waals surface area contributed by atoms with E-state index in [1.54, 1.807) is 19.3 Å². The summed E-state index contributed by atoms with van der Waals surface area (Å²) >= 11 is 0. The molecule has 0 radical (unpaired) electrons. The summed E-state index contributed by atoms with van der Waals surface area (Å²) in [6, 6.07) is 0. The molecule has 0 aliphatic rings. The molecule has 1 unspecified atom stereocenters. The van der Waals surface area contributed by atoms with Gasteiger partial charge >= 0.3 is 0 Å². The Labute approximate surface area is 98.7 Å². The van der Waals surface area contributed by atoms with E-state index in [4.69, 9.17) is 5.84 Å². The normalized spacial score (nSPS) is 12.6. The predicted molar refractivity (Wildman–Crippen MR) is 65.6 cm³/mol. The van der Waals surface area contributed by atoms with E-state index in [0.29, 0.717) is 24.6 Å². The Morgan fingerprint density at radius 2 is 2.41 bits per heavy atom. The van der Waals surface area contributed by atoms with Gasteiger partial charge in [0.25, 0.3) is 0 Å². The van der Waals surface area contributed by atoms with Gasteiger partial charge in [-0.05, 0) is 13.3 Å². The van der Waals surface area contributed by atoms with Gasteiger partial charge in [-0.1, -0.05) is 0 Å². The van der Waals surface area contributed by atoms with Crippen LogP contribution in [0.15, 0.2) is 18.6 Å². The van der Waals surface area contributed by atoms with Gasteiger partial charge in [0.1, 0.15) is 0 Å². The average molecular weight is 236 g/mol. The maximum absolute atomic E-state index is 9.19. The minimum Gasteiger partial charge on any atom is -0.393 e. The molecule has 7 heteroatoms. The fourth-order valence-electron chi connectivity index (χ4n) is 1.52. The third-order valence-corrected chi connectivity index (χ3v) is 2.38. The Hall–Kier alpha value is -1.86. The molecule has 1 atom stereocenters. The molecule has 0 spiro atoms. The summed E-state index contributed by atoms with van der Waals surface area (Å²) in [5.41, 5.74) is 3.23. The van der Waals surface area contributed by atoms with Gasteiger partial charge in [0.05, 0.1) is 12.3 Å². The number of imidazole rings is 1. The van der Waals surface area contributed by atoms with Gasteiger partial charge in [-0.3, -0.25) is 0 Å². The second-order valence-corrected chi connectivity index (χ2v) is 3.84. The van der Waals surface area contributed by atoms with Gasteiger partial charge in [-0.2, -0.15) is 0 Å². The van der Waals surface area contributed by atoms with Crippen molar-refractivity contribution in [2.45, 2.75) is 19.4 Å². The molecular weight excluding hydrogens is 220 g/mol.